The van der Waals surface area contributed by atoms with Crippen LogP contribution >= 0.6 is 0 Å². The second-order valence-corrected chi connectivity index (χ2v) is 8.22. The van der Waals surface area contributed by atoms with Gasteiger partial charge in [0.15, 0.2) is 0 Å². The van der Waals surface area contributed by atoms with Crippen LogP contribution in [0.3, 0.4) is 0 Å². The Balaban J connectivity index is 1.15. The number of hydrogen-bond acceptors (Lipinski definition) is 5. The summed E-state index contributed by atoms with van der Waals surface area (Å²) >= 11 is 0. The molecular formula is C22H27N5O. The van der Waals surface area contributed by atoms with Gasteiger partial charge in [-0.05, 0) is 48.9 Å². The van der Waals surface area contributed by atoms with Gasteiger partial charge in [0.2, 0.25) is 5.91 Å². The summed E-state index contributed by atoms with van der Waals surface area (Å²) in [6.07, 6.45) is 8.18. The SMILES string of the molecule is O=C(Nc1ccc(CN2CCN(C3CC3)CC2)cn1)C1CCc2cccnc21. The largest absolute Gasteiger partial charge is 0.310 e. The van der Waals surface area contributed by atoms with Gasteiger partial charge in [-0.15, -0.1) is 0 Å². The van der Waals surface area contributed by atoms with Crippen LogP contribution in [0.4, 0.5) is 5.82 Å². The normalized spacial score (nSPS) is 22.8. The highest BCUT2D eigenvalue weighted by molar-refractivity contribution is 5.95. The van der Waals surface area contributed by atoms with E-state index in [4.69, 9.17) is 0 Å². The molecule has 6 heteroatoms. The maximum Gasteiger partial charge on any atom is 0.234 e. The molecule has 2 fully saturated rings. The Morgan fingerprint density at radius 2 is 1.93 bits per heavy atom. The van der Waals surface area contributed by atoms with Crippen molar-refractivity contribution in [1.82, 2.24) is 19.8 Å². The third kappa shape index (κ3) is 3.80. The van der Waals surface area contributed by atoms with Crippen LogP contribution in [0.25, 0.3) is 0 Å². The molecule has 6 nitrogen and oxygen atoms in total. The van der Waals surface area contributed by atoms with E-state index in [1.165, 1.54) is 37.1 Å². The van der Waals surface area contributed by atoms with Crippen molar-refractivity contribution >= 4 is 11.7 Å². The lowest BCUT2D eigenvalue weighted by Crippen LogP contribution is -2.46. The molecule has 146 valence electrons. The molecule has 0 bridgehead atoms. The van der Waals surface area contributed by atoms with Gasteiger partial charge in [-0.3, -0.25) is 19.6 Å². The van der Waals surface area contributed by atoms with E-state index in [2.05, 4.69) is 37.2 Å². The number of aryl methyl sites for hydroxylation is 1. The number of nitrogens with zero attached hydrogens (tertiary/aromatic N) is 4. The minimum Gasteiger partial charge on any atom is -0.310 e. The van der Waals surface area contributed by atoms with Gasteiger partial charge in [-0.1, -0.05) is 12.1 Å². The first-order chi connectivity index (χ1) is 13.8. The average Bonchev–Trinajstić information content (AvgIpc) is 3.48. The molecular weight excluding hydrogens is 350 g/mol. The summed E-state index contributed by atoms with van der Waals surface area (Å²) in [6.45, 7) is 5.55. The fraction of sp³-hybridized carbons (Fsp3) is 0.500. The van der Waals surface area contributed by atoms with Gasteiger partial charge in [-0.25, -0.2) is 4.98 Å². The number of rotatable bonds is 5. The highest BCUT2D eigenvalue weighted by Gasteiger charge is 2.31. The standard InChI is InChI=1S/C22H27N5O/c28-22(19-7-4-17-2-1-9-23-21(17)19)25-20-8-3-16(14-24-20)15-26-10-12-27(13-11-26)18-5-6-18/h1-3,8-9,14,18-19H,4-7,10-13,15H2,(H,24,25,28). The predicted molar refractivity (Wildman–Crippen MR) is 108 cm³/mol. The molecule has 2 aliphatic carbocycles. The van der Waals surface area contributed by atoms with Crippen LogP contribution in [0.2, 0.25) is 0 Å². The van der Waals surface area contributed by atoms with Crippen molar-refractivity contribution in [2.45, 2.75) is 44.2 Å². The molecule has 1 amide bonds. The maximum absolute atomic E-state index is 12.7. The molecule has 3 aliphatic rings. The van der Waals surface area contributed by atoms with E-state index in [1.54, 1.807) is 6.20 Å². The molecule has 5 rings (SSSR count). The minimum absolute atomic E-state index is 0.00565. The first-order valence-corrected chi connectivity index (χ1v) is 10.4. The molecule has 28 heavy (non-hydrogen) atoms. The van der Waals surface area contributed by atoms with Crippen molar-refractivity contribution in [3.8, 4) is 0 Å². The first-order valence-electron chi connectivity index (χ1n) is 10.4. The Morgan fingerprint density at radius 3 is 2.68 bits per heavy atom. The molecule has 1 saturated carbocycles. The molecule has 1 aliphatic heterocycles. The quantitative estimate of drug-likeness (QED) is 0.867. The fourth-order valence-electron chi connectivity index (χ4n) is 4.46. The molecule has 2 aromatic rings. The lowest BCUT2D eigenvalue weighted by Gasteiger charge is -2.34. The number of anilines is 1. The number of carbonyl (C=O) groups is 1. The number of hydrogen-bond donors (Lipinski definition) is 1. The van der Waals surface area contributed by atoms with Crippen molar-refractivity contribution in [2.75, 3.05) is 31.5 Å². The maximum atomic E-state index is 12.7. The second-order valence-electron chi connectivity index (χ2n) is 8.22. The number of aromatic nitrogens is 2. The van der Waals surface area contributed by atoms with Crippen molar-refractivity contribution in [3.05, 3.63) is 53.5 Å². The number of fused-ring (bicyclic) bond motifs is 1. The van der Waals surface area contributed by atoms with Gasteiger partial charge in [0, 0.05) is 51.2 Å². The van der Waals surface area contributed by atoms with Crippen LogP contribution in [-0.2, 0) is 17.8 Å². The topological polar surface area (TPSA) is 61.4 Å². The van der Waals surface area contributed by atoms with E-state index in [0.29, 0.717) is 5.82 Å². The molecule has 1 N–H and O–H groups in total. The van der Waals surface area contributed by atoms with E-state index >= 15 is 0 Å². The molecule has 3 heterocycles. The van der Waals surface area contributed by atoms with E-state index in [0.717, 1.165) is 44.2 Å². The molecule has 1 saturated heterocycles. The summed E-state index contributed by atoms with van der Waals surface area (Å²) in [6, 6.07) is 8.87. The lowest BCUT2D eigenvalue weighted by molar-refractivity contribution is -0.117. The summed E-state index contributed by atoms with van der Waals surface area (Å²) in [4.78, 5) is 26.7. The highest BCUT2D eigenvalue weighted by atomic mass is 16.2. The van der Waals surface area contributed by atoms with Gasteiger partial charge in [-0.2, -0.15) is 0 Å². The van der Waals surface area contributed by atoms with Crippen LogP contribution in [0.1, 0.15) is 42.0 Å². The van der Waals surface area contributed by atoms with Gasteiger partial charge in [0.1, 0.15) is 5.82 Å². The zero-order valence-electron chi connectivity index (χ0n) is 16.2. The zero-order valence-corrected chi connectivity index (χ0v) is 16.2. The Kier molecular flexibility index (Phi) is 4.82. The number of pyridine rings is 2. The lowest BCUT2D eigenvalue weighted by atomic mass is 10.1. The number of piperazine rings is 1. The molecule has 2 aromatic heterocycles. The van der Waals surface area contributed by atoms with E-state index < -0.39 is 0 Å². The average molecular weight is 377 g/mol. The van der Waals surface area contributed by atoms with Crippen LogP contribution in [0.5, 0.6) is 0 Å². The monoisotopic (exact) mass is 377 g/mol. The van der Waals surface area contributed by atoms with Crippen LogP contribution < -0.4 is 5.32 Å². The second kappa shape index (κ2) is 7.60. The third-order valence-electron chi connectivity index (χ3n) is 6.23. The zero-order chi connectivity index (χ0) is 18.9. The highest BCUT2D eigenvalue weighted by Crippen LogP contribution is 2.32. The molecule has 1 unspecified atom stereocenters. The van der Waals surface area contributed by atoms with Gasteiger partial charge in [0.05, 0.1) is 11.6 Å². The van der Waals surface area contributed by atoms with Crippen LogP contribution in [0, 0.1) is 0 Å². The number of carbonyl (C=O) groups excluding carboxylic acids is 1. The fourth-order valence-corrected chi connectivity index (χ4v) is 4.46. The smallest absolute Gasteiger partial charge is 0.234 e. The van der Waals surface area contributed by atoms with E-state index in [-0.39, 0.29) is 11.8 Å². The van der Waals surface area contributed by atoms with Crippen LogP contribution in [0.15, 0.2) is 36.7 Å². The number of nitrogens with one attached hydrogen (secondary N) is 1. The van der Waals surface area contributed by atoms with Crippen LogP contribution in [-0.4, -0.2) is 57.9 Å². The molecule has 0 radical (unpaired) electrons. The number of amides is 1. The Bertz CT molecular complexity index is 840. The summed E-state index contributed by atoms with van der Waals surface area (Å²) in [7, 11) is 0. The van der Waals surface area contributed by atoms with E-state index in [9.17, 15) is 4.79 Å². The first kappa shape index (κ1) is 17.8. The summed E-state index contributed by atoms with van der Waals surface area (Å²) in [5, 5.41) is 2.97. The molecule has 1 atom stereocenters. The summed E-state index contributed by atoms with van der Waals surface area (Å²) < 4.78 is 0. The van der Waals surface area contributed by atoms with Gasteiger partial charge < -0.3 is 5.32 Å². The van der Waals surface area contributed by atoms with Gasteiger partial charge >= 0.3 is 0 Å². The van der Waals surface area contributed by atoms with Crippen molar-refractivity contribution < 1.29 is 4.79 Å². The predicted octanol–water partition coefficient (Wildman–Crippen LogP) is 2.43. The summed E-state index contributed by atoms with van der Waals surface area (Å²) in [5.41, 5.74) is 3.31. The minimum atomic E-state index is -0.166. The van der Waals surface area contributed by atoms with E-state index in [1.807, 2.05) is 18.3 Å². The Morgan fingerprint density at radius 1 is 1.07 bits per heavy atom. The van der Waals surface area contributed by atoms with Crippen molar-refractivity contribution in [2.24, 2.45) is 0 Å². The Hall–Kier alpha value is -2.31. The summed E-state index contributed by atoms with van der Waals surface area (Å²) in [5.74, 6) is 0.450. The molecule has 0 spiro atoms. The van der Waals surface area contributed by atoms with Gasteiger partial charge in [0.25, 0.3) is 0 Å². The van der Waals surface area contributed by atoms with Crippen molar-refractivity contribution in [3.63, 3.8) is 0 Å². The Labute approximate surface area is 166 Å². The van der Waals surface area contributed by atoms with Crippen molar-refractivity contribution in [1.29, 1.82) is 0 Å². The molecule has 0 aromatic carbocycles. The third-order valence-corrected chi connectivity index (χ3v) is 6.23.